The molecule has 0 radical (unpaired) electrons. The van der Waals surface area contributed by atoms with Crippen molar-refractivity contribution in [2.24, 2.45) is 0 Å². The third-order valence-electron chi connectivity index (χ3n) is 3.72. The van der Waals surface area contributed by atoms with E-state index in [1.165, 1.54) is 11.8 Å². The van der Waals surface area contributed by atoms with Crippen LogP contribution >= 0.6 is 35.0 Å². The molecule has 21 heavy (non-hydrogen) atoms. The Hall–Kier alpha value is -0.420. The summed E-state index contributed by atoms with van der Waals surface area (Å²) in [5.41, 5.74) is 0.489. The Morgan fingerprint density at radius 1 is 1.48 bits per heavy atom. The zero-order valence-corrected chi connectivity index (χ0v) is 14.4. The minimum Gasteiger partial charge on any atom is -0.393 e. The fraction of sp³-hybridized carbons (Fsp3) is 0.533. The highest BCUT2D eigenvalue weighted by Gasteiger charge is 2.31. The molecule has 1 aliphatic heterocycles. The molecule has 2 atom stereocenters. The number of likely N-dealkylation sites (tertiary alicyclic amines) is 1. The number of carbonyl (C=O) groups excluding carboxylic acids is 1. The molecule has 1 amide bonds. The van der Waals surface area contributed by atoms with Crippen molar-refractivity contribution in [1.82, 2.24) is 4.90 Å². The molecule has 0 spiro atoms. The second-order valence-corrected chi connectivity index (χ2v) is 7.01. The molecule has 6 heteroatoms. The molecular weight excluding hydrogens is 329 g/mol. The van der Waals surface area contributed by atoms with Crippen molar-refractivity contribution in [1.29, 1.82) is 0 Å². The first-order valence-electron chi connectivity index (χ1n) is 6.96. The van der Waals surface area contributed by atoms with Crippen LogP contribution in [-0.2, 0) is 0 Å². The fourth-order valence-corrected chi connectivity index (χ4v) is 3.93. The zero-order chi connectivity index (χ0) is 15.6. The first-order chi connectivity index (χ1) is 9.93. The normalized spacial score (nSPS) is 19.9. The number of halogens is 2. The van der Waals surface area contributed by atoms with Crippen LogP contribution in [0.25, 0.3) is 0 Å². The smallest absolute Gasteiger partial charge is 0.255 e. The molecule has 1 aliphatic rings. The predicted octanol–water partition coefficient (Wildman–Crippen LogP) is 4.09. The number of carbonyl (C=O) groups is 1. The molecular formula is C15H19Cl2NO2S. The topological polar surface area (TPSA) is 40.5 Å². The van der Waals surface area contributed by atoms with Gasteiger partial charge in [-0.2, -0.15) is 0 Å². The molecule has 0 aromatic heterocycles. The second kappa shape index (κ2) is 7.23. The standard InChI is InChI=1S/C15H19Cl2NO2S/c1-9(19)6-10-4-3-5-18(10)15(20)11-7-14(21-2)13(17)8-12(11)16/h7-10,19H,3-6H2,1-2H3. The van der Waals surface area contributed by atoms with E-state index in [0.29, 0.717) is 28.6 Å². The first kappa shape index (κ1) is 16.9. The van der Waals surface area contributed by atoms with E-state index in [2.05, 4.69) is 0 Å². The van der Waals surface area contributed by atoms with Crippen LogP contribution in [0.2, 0.25) is 10.0 Å². The Balaban J connectivity index is 2.27. The molecule has 3 nitrogen and oxygen atoms in total. The molecule has 1 heterocycles. The number of thioether (sulfide) groups is 1. The number of benzene rings is 1. The van der Waals surface area contributed by atoms with Crippen molar-refractivity contribution >= 4 is 40.9 Å². The SMILES string of the molecule is CSc1cc(C(=O)N2CCCC2CC(C)O)c(Cl)cc1Cl. The van der Waals surface area contributed by atoms with Crippen LogP contribution in [0, 0.1) is 0 Å². The molecule has 1 aromatic rings. The van der Waals surface area contributed by atoms with Crippen LogP contribution in [0.15, 0.2) is 17.0 Å². The Kier molecular flexibility index (Phi) is 5.83. The van der Waals surface area contributed by atoms with E-state index in [4.69, 9.17) is 23.2 Å². The highest BCUT2D eigenvalue weighted by Crippen LogP contribution is 2.33. The van der Waals surface area contributed by atoms with Gasteiger partial charge in [0.15, 0.2) is 0 Å². The molecule has 1 aromatic carbocycles. The first-order valence-corrected chi connectivity index (χ1v) is 8.94. The molecule has 1 saturated heterocycles. The predicted molar refractivity (Wildman–Crippen MR) is 88.6 cm³/mol. The van der Waals surface area contributed by atoms with Crippen molar-refractivity contribution in [3.05, 3.63) is 27.7 Å². The monoisotopic (exact) mass is 347 g/mol. The Morgan fingerprint density at radius 2 is 2.19 bits per heavy atom. The van der Waals surface area contributed by atoms with E-state index >= 15 is 0 Å². The summed E-state index contributed by atoms with van der Waals surface area (Å²) in [7, 11) is 0. The fourth-order valence-electron chi connectivity index (χ4n) is 2.75. The summed E-state index contributed by atoms with van der Waals surface area (Å²) in [4.78, 5) is 15.4. The van der Waals surface area contributed by atoms with Crippen LogP contribution in [0.3, 0.4) is 0 Å². The van der Waals surface area contributed by atoms with E-state index in [0.717, 1.165) is 17.7 Å². The number of aliphatic hydroxyl groups excluding tert-OH is 1. The second-order valence-electron chi connectivity index (χ2n) is 5.35. The third kappa shape index (κ3) is 3.86. The van der Waals surface area contributed by atoms with Crippen molar-refractivity contribution in [2.45, 2.75) is 43.2 Å². The van der Waals surface area contributed by atoms with Gasteiger partial charge in [0.1, 0.15) is 0 Å². The maximum Gasteiger partial charge on any atom is 0.255 e. The number of rotatable bonds is 4. The van der Waals surface area contributed by atoms with Crippen LogP contribution in [0.1, 0.15) is 36.5 Å². The van der Waals surface area contributed by atoms with Crippen molar-refractivity contribution in [2.75, 3.05) is 12.8 Å². The molecule has 1 N–H and O–H groups in total. The molecule has 116 valence electrons. The number of amides is 1. The molecule has 0 saturated carbocycles. The Morgan fingerprint density at radius 3 is 2.81 bits per heavy atom. The Labute approximate surface area is 139 Å². The number of aliphatic hydroxyl groups is 1. The number of hydrogen-bond donors (Lipinski definition) is 1. The van der Waals surface area contributed by atoms with Gasteiger partial charge in [0.25, 0.3) is 5.91 Å². The van der Waals surface area contributed by atoms with Crippen molar-refractivity contribution in [3.8, 4) is 0 Å². The summed E-state index contributed by atoms with van der Waals surface area (Å²) in [5, 5.41) is 10.5. The summed E-state index contributed by atoms with van der Waals surface area (Å²) in [6.07, 6.45) is 3.99. The highest BCUT2D eigenvalue weighted by atomic mass is 35.5. The number of hydrogen-bond acceptors (Lipinski definition) is 3. The number of nitrogens with zero attached hydrogens (tertiary/aromatic N) is 1. The molecule has 2 unspecified atom stereocenters. The van der Waals surface area contributed by atoms with Crippen molar-refractivity contribution in [3.63, 3.8) is 0 Å². The van der Waals surface area contributed by atoms with Gasteiger partial charge in [-0.25, -0.2) is 0 Å². The third-order valence-corrected chi connectivity index (χ3v) is 5.24. The van der Waals surface area contributed by atoms with Gasteiger partial charge in [0.05, 0.1) is 21.7 Å². The highest BCUT2D eigenvalue weighted by molar-refractivity contribution is 7.98. The minimum atomic E-state index is -0.411. The minimum absolute atomic E-state index is 0.0740. The zero-order valence-electron chi connectivity index (χ0n) is 12.1. The quantitative estimate of drug-likeness (QED) is 0.833. The maximum absolute atomic E-state index is 12.7. The summed E-state index contributed by atoms with van der Waals surface area (Å²) in [6.45, 7) is 2.46. The van der Waals surface area contributed by atoms with Gasteiger partial charge in [0, 0.05) is 17.5 Å². The van der Waals surface area contributed by atoms with Crippen LogP contribution in [0.4, 0.5) is 0 Å². The van der Waals surface area contributed by atoms with Gasteiger partial charge in [-0.05, 0) is 44.6 Å². The van der Waals surface area contributed by atoms with Crippen LogP contribution in [0.5, 0.6) is 0 Å². The van der Waals surface area contributed by atoms with E-state index in [9.17, 15) is 9.90 Å². The van der Waals surface area contributed by atoms with Gasteiger partial charge >= 0.3 is 0 Å². The van der Waals surface area contributed by atoms with E-state index in [-0.39, 0.29) is 11.9 Å². The summed E-state index contributed by atoms with van der Waals surface area (Å²) in [6, 6.07) is 3.47. The molecule has 2 rings (SSSR count). The summed E-state index contributed by atoms with van der Waals surface area (Å²) >= 11 is 13.8. The maximum atomic E-state index is 12.7. The van der Waals surface area contributed by atoms with Crippen LogP contribution < -0.4 is 0 Å². The average Bonchev–Trinajstić information content (AvgIpc) is 2.85. The van der Waals surface area contributed by atoms with Crippen LogP contribution in [-0.4, -0.2) is 40.9 Å². The largest absolute Gasteiger partial charge is 0.393 e. The van der Waals surface area contributed by atoms with Gasteiger partial charge in [-0.3, -0.25) is 4.79 Å². The lowest BCUT2D eigenvalue weighted by molar-refractivity contribution is 0.0682. The van der Waals surface area contributed by atoms with Crippen molar-refractivity contribution < 1.29 is 9.90 Å². The van der Waals surface area contributed by atoms with Gasteiger partial charge in [-0.15, -0.1) is 11.8 Å². The van der Waals surface area contributed by atoms with Gasteiger partial charge < -0.3 is 10.0 Å². The van der Waals surface area contributed by atoms with E-state index in [1.807, 2.05) is 11.2 Å². The molecule has 0 aliphatic carbocycles. The molecule has 1 fully saturated rings. The van der Waals surface area contributed by atoms with Gasteiger partial charge in [0.2, 0.25) is 0 Å². The lowest BCUT2D eigenvalue weighted by Gasteiger charge is -2.26. The summed E-state index contributed by atoms with van der Waals surface area (Å²) in [5.74, 6) is -0.0740. The van der Waals surface area contributed by atoms with Gasteiger partial charge in [-0.1, -0.05) is 23.2 Å². The van der Waals surface area contributed by atoms with E-state index in [1.54, 1.807) is 19.1 Å². The summed E-state index contributed by atoms with van der Waals surface area (Å²) < 4.78 is 0. The van der Waals surface area contributed by atoms with E-state index < -0.39 is 6.10 Å². The average molecular weight is 348 g/mol. The lowest BCUT2D eigenvalue weighted by atomic mass is 10.1. The molecule has 0 bridgehead atoms. The Bertz CT molecular complexity index is 537. The lowest BCUT2D eigenvalue weighted by Crippen LogP contribution is -2.37.